The number of benzene rings is 2. The van der Waals surface area contributed by atoms with Gasteiger partial charge in [0, 0.05) is 24.2 Å². The first kappa shape index (κ1) is 13.6. The average molecular weight is 285 g/mol. The van der Waals surface area contributed by atoms with Gasteiger partial charge in [0.05, 0.1) is 13.2 Å². The number of fused-ring (bicyclic) bond motifs is 1. The Hall–Kier alpha value is -2.36. The Morgan fingerprint density at radius 2 is 2.19 bits per heavy atom. The van der Waals surface area contributed by atoms with Crippen LogP contribution in [-0.2, 0) is 13.0 Å². The lowest BCUT2D eigenvalue weighted by Crippen LogP contribution is -2.01. The molecule has 0 saturated carbocycles. The fraction of sp³-hybridized carbons (Fsp3) is 0.294. The molecule has 2 aromatic rings. The number of phenols is 1. The lowest BCUT2D eigenvalue weighted by Gasteiger charge is -2.12. The molecular weight excluding hydrogens is 266 g/mol. The molecule has 0 amide bonds. The number of ether oxygens (including phenoxy) is 2. The summed E-state index contributed by atoms with van der Waals surface area (Å²) in [6.45, 7) is 3.74. The van der Waals surface area contributed by atoms with Crippen LogP contribution in [0.5, 0.6) is 17.2 Å². The van der Waals surface area contributed by atoms with Crippen molar-refractivity contribution in [3.8, 4) is 17.2 Å². The summed E-state index contributed by atoms with van der Waals surface area (Å²) < 4.78 is 10.9. The van der Waals surface area contributed by atoms with E-state index >= 15 is 0 Å². The molecule has 0 aliphatic carbocycles. The van der Waals surface area contributed by atoms with E-state index in [4.69, 9.17) is 9.47 Å². The summed E-state index contributed by atoms with van der Waals surface area (Å²) in [6.07, 6.45) is 0.954. The molecule has 0 saturated heterocycles. The van der Waals surface area contributed by atoms with E-state index in [2.05, 4.69) is 11.4 Å². The van der Waals surface area contributed by atoms with E-state index < -0.39 is 0 Å². The normalized spacial score (nSPS) is 12.6. The summed E-state index contributed by atoms with van der Waals surface area (Å²) in [5, 5.41) is 13.5. The SMILES string of the molecule is CCOc1cccc(CNc2ccc3c(c2)CCO3)c1O. The molecule has 1 aliphatic heterocycles. The highest BCUT2D eigenvalue weighted by molar-refractivity contribution is 5.54. The number of para-hydroxylation sites is 1. The predicted octanol–water partition coefficient (Wildman–Crippen LogP) is 3.34. The van der Waals surface area contributed by atoms with Crippen LogP contribution in [0.1, 0.15) is 18.1 Å². The van der Waals surface area contributed by atoms with Crippen LogP contribution in [0.15, 0.2) is 36.4 Å². The maximum absolute atomic E-state index is 10.2. The summed E-state index contributed by atoms with van der Waals surface area (Å²) in [7, 11) is 0. The summed E-state index contributed by atoms with van der Waals surface area (Å²) in [4.78, 5) is 0. The van der Waals surface area contributed by atoms with Gasteiger partial charge in [-0.15, -0.1) is 0 Å². The van der Waals surface area contributed by atoms with Gasteiger partial charge in [-0.25, -0.2) is 0 Å². The zero-order chi connectivity index (χ0) is 14.7. The topological polar surface area (TPSA) is 50.7 Å². The minimum Gasteiger partial charge on any atom is -0.504 e. The molecule has 21 heavy (non-hydrogen) atoms. The molecule has 2 N–H and O–H groups in total. The van der Waals surface area contributed by atoms with Crippen LogP contribution in [0.25, 0.3) is 0 Å². The second-order valence-corrected chi connectivity index (χ2v) is 4.97. The molecule has 110 valence electrons. The highest BCUT2D eigenvalue weighted by atomic mass is 16.5. The Morgan fingerprint density at radius 1 is 1.29 bits per heavy atom. The monoisotopic (exact) mass is 285 g/mol. The standard InChI is InChI=1S/C17H19NO3/c1-2-20-16-5-3-4-13(17(16)19)11-18-14-6-7-15-12(10-14)8-9-21-15/h3-7,10,18-19H,2,8-9,11H2,1H3. The number of hydrogen-bond acceptors (Lipinski definition) is 4. The Labute approximate surface area is 124 Å². The van der Waals surface area contributed by atoms with Crippen molar-refractivity contribution in [2.45, 2.75) is 19.9 Å². The highest BCUT2D eigenvalue weighted by Gasteiger charge is 2.12. The van der Waals surface area contributed by atoms with Gasteiger partial charge in [-0.3, -0.25) is 0 Å². The largest absolute Gasteiger partial charge is 0.504 e. The average Bonchev–Trinajstić information content (AvgIpc) is 2.96. The van der Waals surface area contributed by atoms with Crippen molar-refractivity contribution in [1.82, 2.24) is 0 Å². The molecular formula is C17H19NO3. The van der Waals surface area contributed by atoms with Crippen LogP contribution in [0, 0.1) is 0 Å². The first-order valence-corrected chi connectivity index (χ1v) is 7.21. The lowest BCUT2D eigenvalue weighted by molar-refractivity contribution is 0.317. The summed E-state index contributed by atoms with van der Waals surface area (Å²) in [5.41, 5.74) is 3.07. The molecule has 0 radical (unpaired) electrons. The fourth-order valence-electron chi connectivity index (χ4n) is 2.48. The van der Waals surface area contributed by atoms with Gasteiger partial charge >= 0.3 is 0 Å². The van der Waals surface area contributed by atoms with Crippen LogP contribution < -0.4 is 14.8 Å². The van der Waals surface area contributed by atoms with Crippen molar-refractivity contribution in [1.29, 1.82) is 0 Å². The highest BCUT2D eigenvalue weighted by Crippen LogP contribution is 2.31. The number of rotatable bonds is 5. The van der Waals surface area contributed by atoms with E-state index in [1.165, 1.54) is 5.56 Å². The number of hydrogen-bond donors (Lipinski definition) is 2. The molecule has 0 bridgehead atoms. The zero-order valence-electron chi connectivity index (χ0n) is 12.1. The number of anilines is 1. The first-order chi connectivity index (χ1) is 10.3. The predicted molar refractivity (Wildman–Crippen MR) is 82.2 cm³/mol. The van der Waals surface area contributed by atoms with Crippen molar-refractivity contribution in [2.24, 2.45) is 0 Å². The third kappa shape index (κ3) is 2.89. The third-order valence-electron chi connectivity index (χ3n) is 3.55. The van der Waals surface area contributed by atoms with E-state index in [-0.39, 0.29) is 5.75 Å². The minimum absolute atomic E-state index is 0.205. The number of nitrogens with one attached hydrogen (secondary N) is 1. The van der Waals surface area contributed by atoms with Crippen LogP contribution in [0.4, 0.5) is 5.69 Å². The first-order valence-electron chi connectivity index (χ1n) is 7.21. The molecule has 0 fully saturated rings. The quantitative estimate of drug-likeness (QED) is 0.884. The molecule has 4 nitrogen and oxygen atoms in total. The molecule has 0 spiro atoms. The summed E-state index contributed by atoms with van der Waals surface area (Å²) in [5.74, 6) is 1.71. The van der Waals surface area contributed by atoms with Gasteiger partial charge in [0.25, 0.3) is 0 Å². The Morgan fingerprint density at radius 3 is 3.05 bits per heavy atom. The lowest BCUT2D eigenvalue weighted by atomic mass is 10.1. The molecule has 0 unspecified atom stereocenters. The third-order valence-corrected chi connectivity index (χ3v) is 3.55. The van der Waals surface area contributed by atoms with Gasteiger partial charge in [0.2, 0.25) is 0 Å². The van der Waals surface area contributed by atoms with Gasteiger partial charge in [0.1, 0.15) is 5.75 Å². The van der Waals surface area contributed by atoms with E-state index in [0.717, 1.165) is 30.0 Å². The minimum atomic E-state index is 0.205. The molecule has 3 rings (SSSR count). The summed E-state index contributed by atoms with van der Waals surface area (Å²) in [6, 6.07) is 11.6. The van der Waals surface area contributed by atoms with E-state index in [0.29, 0.717) is 18.9 Å². The smallest absolute Gasteiger partial charge is 0.162 e. The van der Waals surface area contributed by atoms with Crippen molar-refractivity contribution >= 4 is 5.69 Å². The second kappa shape index (κ2) is 5.95. The van der Waals surface area contributed by atoms with Crippen LogP contribution >= 0.6 is 0 Å². The van der Waals surface area contributed by atoms with Crippen molar-refractivity contribution in [2.75, 3.05) is 18.5 Å². The Balaban J connectivity index is 1.71. The Kier molecular flexibility index (Phi) is 3.86. The maximum Gasteiger partial charge on any atom is 0.162 e. The van der Waals surface area contributed by atoms with Crippen molar-refractivity contribution in [3.63, 3.8) is 0 Å². The van der Waals surface area contributed by atoms with Gasteiger partial charge in [0.15, 0.2) is 11.5 Å². The second-order valence-electron chi connectivity index (χ2n) is 4.97. The van der Waals surface area contributed by atoms with Gasteiger partial charge < -0.3 is 19.9 Å². The maximum atomic E-state index is 10.2. The van der Waals surface area contributed by atoms with Crippen LogP contribution in [0.3, 0.4) is 0 Å². The number of phenolic OH excluding ortho intramolecular Hbond substituents is 1. The van der Waals surface area contributed by atoms with Gasteiger partial charge in [-0.05, 0) is 36.8 Å². The molecule has 0 aromatic heterocycles. The molecule has 1 aliphatic rings. The van der Waals surface area contributed by atoms with Gasteiger partial charge in [-0.2, -0.15) is 0 Å². The van der Waals surface area contributed by atoms with Crippen LogP contribution in [0.2, 0.25) is 0 Å². The number of aromatic hydroxyl groups is 1. The molecule has 1 heterocycles. The van der Waals surface area contributed by atoms with Crippen molar-refractivity contribution < 1.29 is 14.6 Å². The van der Waals surface area contributed by atoms with Crippen molar-refractivity contribution in [3.05, 3.63) is 47.5 Å². The summed E-state index contributed by atoms with van der Waals surface area (Å²) >= 11 is 0. The molecule has 0 atom stereocenters. The molecule has 2 aromatic carbocycles. The van der Waals surface area contributed by atoms with Crippen LogP contribution in [-0.4, -0.2) is 18.3 Å². The van der Waals surface area contributed by atoms with E-state index in [1.807, 2.05) is 31.2 Å². The van der Waals surface area contributed by atoms with Gasteiger partial charge in [-0.1, -0.05) is 12.1 Å². The fourth-order valence-corrected chi connectivity index (χ4v) is 2.48. The zero-order valence-corrected chi connectivity index (χ0v) is 12.1. The molecule has 4 heteroatoms. The van der Waals surface area contributed by atoms with E-state index in [1.54, 1.807) is 6.07 Å². The Bertz CT molecular complexity index is 640. The van der Waals surface area contributed by atoms with E-state index in [9.17, 15) is 5.11 Å².